The Balaban J connectivity index is 1.90. The smallest absolute Gasteiger partial charge is 0.162 e. The second-order valence-electron chi connectivity index (χ2n) is 4.04. The van der Waals surface area contributed by atoms with Crippen molar-refractivity contribution in [2.24, 2.45) is 5.92 Å². The van der Waals surface area contributed by atoms with Gasteiger partial charge in [-0.2, -0.15) is 0 Å². The lowest BCUT2D eigenvalue weighted by atomic mass is 10.1. The summed E-state index contributed by atoms with van der Waals surface area (Å²) in [5.41, 5.74) is 0. The molecule has 2 rings (SSSR count). The molecule has 0 unspecified atom stereocenters. The van der Waals surface area contributed by atoms with E-state index in [1.807, 2.05) is 0 Å². The van der Waals surface area contributed by atoms with Crippen LogP contribution in [0.2, 0.25) is 0 Å². The molecule has 0 amide bonds. The third kappa shape index (κ3) is 2.67. The molecule has 1 nitrogen and oxygen atoms in total. The highest BCUT2D eigenvalue weighted by atomic mass is 19.2. The van der Waals surface area contributed by atoms with Crippen LogP contribution in [0.15, 0.2) is 18.2 Å². The van der Waals surface area contributed by atoms with Gasteiger partial charge < -0.3 is 4.74 Å². The minimum absolute atomic E-state index is 0.417. The summed E-state index contributed by atoms with van der Waals surface area (Å²) in [5, 5.41) is 0. The summed E-state index contributed by atoms with van der Waals surface area (Å²) in [6.45, 7) is 0.616. The van der Waals surface area contributed by atoms with Crippen molar-refractivity contribution in [1.29, 1.82) is 0 Å². The van der Waals surface area contributed by atoms with Gasteiger partial charge in [0.25, 0.3) is 0 Å². The highest BCUT2D eigenvalue weighted by Gasteiger charge is 2.15. The van der Waals surface area contributed by atoms with E-state index in [0.29, 0.717) is 18.3 Å². The molecule has 15 heavy (non-hydrogen) atoms. The minimum Gasteiger partial charge on any atom is -0.493 e. The molecular formula is C12H14F2O. The number of benzene rings is 1. The fourth-order valence-electron chi connectivity index (χ4n) is 1.96. The summed E-state index contributed by atoms with van der Waals surface area (Å²) in [5.74, 6) is -0.680. The topological polar surface area (TPSA) is 9.23 Å². The fraction of sp³-hybridized carbons (Fsp3) is 0.500. The molecule has 0 spiro atoms. The predicted octanol–water partition coefficient (Wildman–Crippen LogP) is 3.53. The molecule has 1 aromatic rings. The van der Waals surface area contributed by atoms with Crippen LogP contribution >= 0.6 is 0 Å². The first-order chi connectivity index (χ1) is 7.25. The van der Waals surface area contributed by atoms with Crippen LogP contribution in [-0.2, 0) is 0 Å². The van der Waals surface area contributed by atoms with E-state index in [1.165, 1.54) is 31.7 Å². The Morgan fingerprint density at radius 1 is 1.13 bits per heavy atom. The van der Waals surface area contributed by atoms with Crippen LogP contribution in [0.25, 0.3) is 0 Å². The summed E-state index contributed by atoms with van der Waals surface area (Å²) in [7, 11) is 0. The maximum Gasteiger partial charge on any atom is 0.162 e. The third-order valence-electron chi connectivity index (χ3n) is 2.85. The molecule has 0 radical (unpaired) electrons. The van der Waals surface area contributed by atoms with Gasteiger partial charge >= 0.3 is 0 Å². The molecule has 1 aromatic carbocycles. The third-order valence-corrected chi connectivity index (χ3v) is 2.85. The number of halogens is 2. The SMILES string of the molecule is Fc1ccc(OCC2CCCC2)cc1F. The summed E-state index contributed by atoms with van der Waals surface area (Å²) in [6.07, 6.45) is 4.88. The van der Waals surface area contributed by atoms with E-state index < -0.39 is 11.6 Å². The quantitative estimate of drug-likeness (QED) is 0.744. The summed E-state index contributed by atoms with van der Waals surface area (Å²) < 4.78 is 30.9. The molecule has 1 aliphatic rings. The van der Waals surface area contributed by atoms with Crippen molar-refractivity contribution in [2.45, 2.75) is 25.7 Å². The maximum atomic E-state index is 12.8. The number of hydrogen-bond donors (Lipinski definition) is 0. The lowest BCUT2D eigenvalue weighted by molar-refractivity contribution is 0.250. The van der Waals surface area contributed by atoms with E-state index in [-0.39, 0.29) is 0 Å². The van der Waals surface area contributed by atoms with Gasteiger partial charge in [-0.1, -0.05) is 12.8 Å². The molecular weight excluding hydrogens is 198 g/mol. The van der Waals surface area contributed by atoms with Gasteiger partial charge in [0.2, 0.25) is 0 Å². The van der Waals surface area contributed by atoms with Crippen molar-refractivity contribution < 1.29 is 13.5 Å². The van der Waals surface area contributed by atoms with Gasteiger partial charge in [-0.25, -0.2) is 8.78 Å². The van der Waals surface area contributed by atoms with Gasteiger partial charge in [0, 0.05) is 6.07 Å². The first kappa shape index (κ1) is 10.4. The number of rotatable bonds is 3. The molecule has 1 saturated carbocycles. The van der Waals surface area contributed by atoms with E-state index in [1.54, 1.807) is 0 Å². The average Bonchev–Trinajstić information content (AvgIpc) is 2.73. The molecule has 1 aliphatic carbocycles. The molecule has 82 valence electrons. The normalized spacial score (nSPS) is 16.9. The van der Waals surface area contributed by atoms with Crippen LogP contribution in [0.1, 0.15) is 25.7 Å². The van der Waals surface area contributed by atoms with Gasteiger partial charge in [0.05, 0.1) is 6.61 Å². The first-order valence-electron chi connectivity index (χ1n) is 5.33. The molecule has 1 fully saturated rings. The average molecular weight is 212 g/mol. The molecule has 0 N–H and O–H groups in total. The van der Waals surface area contributed by atoms with E-state index in [2.05, 4.69) is 0 Å². The van der Waals surface area contributed by atoms with Gasteiger partial charge in [0.15, 0.2) is 11.6 Å². The molecule has 0 heterocycles. The standard InChI is InChI=1S/C12H14F2O/c13-11-6-5-10(7-12(11)14)15-8-9-3-1-2-4-9/h5-7,9H,1-4,8H2. The molecule has 0 aromatic heterocycles. The highest BCUT2D eigenvalue weighted by Crippen LogP contribution is 2.25. The van der Waals surface area contributed by atoms with Gasteiger partial charge in [-0.3, -0.25) is 0 Å². The summed E-state index contributed by atoms with van der Waals surface area (Å²) in [4.78, 5) is 0. The molecule has 3 heteroatoms. The second-order valence-corrected chi connectivity index (χ2v) is 4.04. The second kappa shape index (κ2) is 4.60. The Morgan fingerprint density at radius 3 is 2.53 bits per heavy atom. The van der Waals surface area contributed by atoms with Crippen LogP contribution < -0.4 is 4.74 Å². The van der Waals surface area contributed by atoms with E-state index in [9.17, 15) is 8.78 Å². The van der Waals surface area contributed by atoms with Crippen molar-refractivity contribution >= 4 is 0 Å². The maximum absolute atomic E-state index is 12.8. The Bertz CT molecular complexity index is 332. The van der Waals surface area contributed by atoms with Gasteiger partial charge in [-0.05, 0) is 30.9 Å². The van der Waals surface area contributed by atoms with E-state index in [0.717, 1.165) is 12.1 Å². The Labute approximate surface area is 88.1 Å². The van der Waals surface area contributed by atoms with E-state index in [4.69, 9.17) is 4.74 Å². The van der Waals surface area contributed by atoms with Crippen molar-refractivity contribution in [2.75, 3.05) is 6.61 Å². The van der Waals surface area contributed by atoms with Crippen LogP contribution in [0.4, 0.5) is 8.78 Å². The van der Waals surface area contributed by atoms with Crippen LogP contribution in [-0.4, -0.2) is 6.61 Å². The minimum atomic E-state index is -0.848. The molecule has 0 saturated heterocycles. The van der Waals surface area contributed by atoms with Crippen molar-refractivity contribution in [1.82, 2.24) is 0 Å². The van der Waals surface area contributed by atoms with Crippen molar-refractivity contribution in [3.05, 3.63) is 29.8 Å². The van der Waals surface area contributed by atoms with Crippen LogP contribution in [0.3, 0.4) is 0 Å². The van der Waals surface area contributed by atoms with Crippen molar-refractivity contribution in [3.8, 4) is 5.75 Å². The van der Waals surface area contributed by atoms with Gasteiger partial charge in [0.1, 0.15) is 5.75 Å². The largest absolute Gasteiger partial charge is 0.493 e. The van der Waals surface area contributed by atoms with Crippen LogP contribution in [0, 0.1) is 17.6 Å². The zero-order valence-corrected chi connectivity index (χ0v) is 8.51. The molecule has 0 aliphatic heterocycles. The zero-order valence-electron chi connectivity index (χ0n) is 8.51. The predicted molar refractivity (Wildman–Crippen MR) is 53.8 cm³/mol. The zero-order chi connectivity index (χ0) is 10.7. The summed E-state index contributed by atoms with van der Waals surface area (Å²) >= 11 is 0. The number of hydrogen-bond acceptors (Lipinski definition) is 1. The van der Waals surface area contributed by atoms with Crippen LogP contribution in [0.5, 0.6) is 5.75 Å². The van der Waals surface area contributed by atoms with Crippen molar-refractivity contribution in [3.63, 3.8) is 0 Å². The number of ether oxygens (including phenoxy) is 1. The van der Waals surface area contributed by atoms with Gasteiger partial charge in [-0.15, -0.1) is 0 Å². The monoisotopic (exact) mass is 212 g/mol. The first-order valence-corrected chi connectivity index (χ1v) is 5.33. The Hall–Kier alpha value is -1.12. The Morgan fingerprint density at radius 2 is 1.87 bits per heavy atom. The Kier molecular flexibility index (Phi) is 3.19. The summed E-state index contributed by atoms with van der Waals surface area (Å²) in [6, 6.07) is 3.66. The van der Waals surface area contributed by atoms with E-state index >= 15 is 0 Å². The fourth-order valence-corrected chi connectivity index (χ4v) is 1.96. The molecule has 0 atom stereocenters. The highest BCUT2D eigenvalue weighted by molar-refractivity contribution is 5.23. The lowest BCUT2D eigenvalue weighted by Gasteiger charge is -2.11. The molecule has 0 bridgehead atoms. The lowest BCUT2D eigenvalue weighted by Crippen LogP contribution is -2.08.